The summed E-state index contributed by atoms with van der Waals surface area (Å²) in [4.78, 5) is 0. The van der Waals surface area contributed by atoms with Crippen molar-refractivity contribution in [3.05, 3.63) is 157 Å². The van der Waals surface area contributed by atoms with Crippen molar-refractivity contribution in [2.75, 3.05) is 0 Å². The summed E-state index contributed by atoms with van der Waals surface area (Å²) in [5, 5.41) is 9.11. The average molecular weight is 555 g/mol. The molecule has 0 heteroatoms. The zero-order chi connectivity index (χ0) is 29.6. The molecule has 0 spiro atoms. The molecule has 0 saturated carbocycles. The van der Waals surface area contributed by atoms with Gasteiger partial charge in [0, 0.05) is 21.9 Å². The number of rotatable bonds is 3. The Hall–Kier alpha value is -6.08. The van der Waals surface area contributed by atoms with Crippen molar-refractivity contribution < 1.29 is 0 Å². The molecule has 0 aromatic heterocycles. The molecule has 0 saturated heterocycles. The zero-order valence-electron chi connectivity index (χ0n) is 24.0. The van der Waals surface area contributed by atoms with Crippen LogP contribution in [0.3, 0.4) is 0 Å². The van der Waals surface area contributed by atoms with E-state index in [1.54, 1.807) is 0 Å². The van der Waals surface area contributed by atoms with Gasteiger partial charge in [0.25, 0.3) is 0 Å². The van der Waals surface area contributed by atoms with Crippen LogP contribution in [0, 0.1) is 24.7 Å². The molecule has 8 rings (SSSR count). The summed E-state index contributed by atoms with van der Waals surface area (Å²) in [6.45, 7) is 0. The smallest absolute Gasteiger partial charge is 0.0405 e. The van der Waals surface area contributed by atoms with E-state index in [9.17, 15) is 0 Å². The average Bonchev–Trinajstić information content (AvgIpc) is 3.09. The Morgan fingerprint density at radius 1 is 0.341 bits per heavy atom. The second-order valence-corrected chi connectivity index (χ2v) is 11.2. The predicted molar refractivity (Wildman–Crippen MR) is 189 cm³/mol. The van der Waals surface area contributed by atoms with Gasteiger partial charge in [-0.2, -0.15) is 0 Å². The molecule has 0 radical (unpaired) electrons. The van der Waals surface area contributed by atoms with Crippen LogP contribution in [0.15, 0.2) is 146 Å². The highest BCUT2D eigenvalue weighted by Gasteiger charge is 2.13. The second-order valence-electron chi connectivity index (χ2n) is 11.2. The Kier molecular flexibility index (Phi) is 6.01. The van der Waals surface area contributed by atoms with Gasteiger partial charge in [0.05, 0.1) is 0 Å². The summed E-state index contributed by atoms with van der Waals surface area (Å²) < 4.78 is 0. The van der Waals surface area contributed by atoms with E-state index in [0.29, 0.717) is 0 Å². The fourth-order valence-electron chi connectivity index (χ4n) is 6.71. The Balaban J connectivity index is 1.18. The predicted octanol–water partition coefficient (Wildman–Crippen LogP) is 11.3. The van der Waals surface area contributed by atoms with Crippen LogP contribution < -0.4 is 0 Å². The van der Waals surface area contributed by atoms with Gasteiger partial charge in [-0.05, 0) is 77.8 Å². The van der Waals surface area contributed by atoms with Crippen LogP contribution in [-0.2, 0) is 0 Å². The molecule has 8 aromatic carbocycles. The fraction of sp³-hybridized carbons (Fsp3) is 0. The first kappa shape index (κ1) is 25.6. The van der Waals surface area contributed by atoms with E-state index in [-0.39, 0.29) is 0 Å². The van der Waals surface area contributed by atoms with Crippen LogP contribution in [0.25, 0.3) is 76.5 Å². The number of hydrogen-bond donors (Lipinski definition) is 0. The van der Waals surface area contributed by atoms with Crippen LogP contribution in [0.5, 0.6) is 0 Å². The molecule has 0 unspecified atom stereocenters. The van der Waals surface area contributed by atoms with E-state index in [4.69, 9.17) is 12.8 Å². The molecule has 0 aliphatic rings. The summed E-state index contributed by atoms with van der Waals surface area (Å²) in [5.41, 5.74) is 8.81. The fourth-order valence-corrected chi connectivity index (χ4v) is 6.71. The largest absolute Gasteiger partial charge is 0.115 e. The third-order valence-electron chi connectivity index (χ3n) is 8.79. The molecular formula is C44H26. The van der Waals surface area contributed by atoms with Crippen molar-refractivity contribution in [2.45, 2.75) is 0 Å². The van der Waals surface area contributed by atoms with Gasteiger partial charge in [-0.1, -0.05) is 145 Å². The van der Waals surface area contributed by atoms with Gasteiger partial charge < -0.3 is 0 Å². The first-order valence-corrected chi connectivity index (χ1v) is 14.8. The molecule has 0 aliphatic heterocycles. The third kappa shape index (κ3) is 4.06. The molecular weight excluding hydrogens is 528 g/mol. The van der Waals surface area contributed by atoms with Gasteiger partial charge >= 0.3 is 0 Å². The standard InChI is InChI=1S/C44H26/c1-3-37-39-15-7-5-11-33(39)27-35-13-9-17-41(43(35)37)31-23-19-29(20-24-31)30-21-25-32(26-22-30)42-18-10-14-36-28-34-12-6-8-16-40(34)38(4-2)44(36)42/h1-2,5-28H. The highest BCUT2D eigenvalue weighted by molar-refractivity contribution is 6.11. The number of hydrogen-bond acceptors (Lipinski definition) is 0. The Labute approximate surface area is 257 Å². The molecule has 0 nitrogen and oxygen atoms in total. The Morgan fingerprint density at radius 3 is 1.11 bits per heavy atom. The summed E-state index contributed by atoms with van der Waals surface area (Å²) in [6.07, 6.45) is 12.2. The van der Waals surface area contributed by atoms with Crippen LogP contribution in [0.2, 0.25) is 0 Å². The van der Waals surface area contributed by atoms with E-state index in [0.717, 1.165) is 87.6 Å². The summed E-state index contributed by atoms with van der Waals surface area (Å²) in [6, 6.07) is 51.6. The Bertz CT molecular complexity index is 2300. The van der Waals surface area contributed by atoms with Gasteiger partial charge in [-0.25, -0.2) is 0 Å². The van der Waals surface area contributed by atoms with Gasteiger partial charge in [0.1, 0.15) is 0 Å². The molecule has 0 aliphatic carbocycles. The van der Waals surface area contributed by atoms with Crippen LogP contribution in [0.4, 0.5) is 0 Å². The van der Waals surface area contributed by atoms with E-state index in [1.807, 2.05) is 12.1 Å². The lowest BCUT2D eigenvalue weighted by atomic mass is 9.90. The zero-order valence-corrected chi connectivity index (χ0v) is 24.0. The second kappa shape index (κ2) is 10.3. The molecule has 0 bridgehead atoms. The van der Waals surface area contributed by atoms with Crippen molar-refractivity contribution >= 4 is 43.1 Å². The minimum absolute atomic E-state index is 0.947. The first-order chi connectivity index (χ1) is 21.7. The van der Waals surface area contributed by atoms with Crippen molar-refractivity contribution in [1.29, 1.82) is 0 Å². The van der Waals surface area contributed by atoms with Crippen LogP contribution >= 0.6 is 0 Å². The lowest BCUT2D eigenvalue weighted by Gasteiger charge is -2.13. The van der Waals surface area contributed by atoms with Gasteiger partial charge in [0.15, 0.2) is 0 Å². The molecule has 0 amide bonds. The molecule has 0 N–H and O–H groups in total. The molecule has 0 atom stereocenters. The van der Waals surface area contributed by atoms with Crippen molar-refractivity contribution in [2.24, 2.45) is 0 Å². The first-order valence-electron chi connectivity index (χ1n) is 14.8. The normalized spacial score (nSPS) is 11.1. The van der Waals surface area contributed by atoms with E-state index in [1.165, 1.54) is 0 Å². The lowest BCUT2D eigenvalue weighted by molar-refractivity contribution is 1.59. The number of benzene rings is 8. The van der Waals surface area contributed by atoms with Crippen molar-refractivity contribution in [1.82, 2.24) is 0 Å². The Morgan fingerprint density at radius 2 is 0.705 bits per heavy atom. The number of terminal acetylenes is 2. The van der Waals surface area contributed by atoms with Gasteiger partial charge in [0.2, 0.25) is 0 Å². The molecule has 0 fully saturated rings. The maximum atomic E-state index is 6.09. The molecule has 202 valence electrons. The minimum Gasteiger partial charge on any atom is -0.115 e. The minimum atomic E-state index is 0.947. The summed E-state index contributed by atoms with van der Waals surface area (Å²) >= 11 is 0. The van der Waals surface area contributed by atoms with Crippen molar-refractivity contribution in [3.63, 3.8) is 0 Å². The molecule has 8 aromatic rings. The molecule has 44 heavy (non-hydrogen) atoms. The van der Waals surface area contributed by atoms with E-state index < -0.39 is 0 Å². The number of fused-ring (bicyclic) bond motifs is 4. The summed E-state index contributed by atoms with van der Waals surface area (Å²) in [5.74, 6) is 5.99. The van der Waals surface area contributed by atoms with Gasteiger partial charge in [-0.3, -0.25) is 0 Å². The van der Waals surface area contributed by atoms with Crippen LogP contribution in [0.1, 0.15) is 11.1 Å². The van der Waals surface area contributed by atoms with E-state index in [2.05, 4.69) is 145 Å². The SMILES string of the molecule is C#Cc1c2ccccc2cc2cccc(-c3ccc(-c4ccc(-c5cccc6cc7ccccc7c(C#C)c56)cc4)cc3)c12. The maximum absolute atomic E-state index is 6.09. The lowest BCUT2D eigenvalue weighted by Crippen LogP contribution is -1.89. The quantitative estimate of drug-likeness (QED) is 0.150. The highest BCUT2D eigenvalue weighted by Crippen LogP contribution is 2.38. The monoisotopic (exact) mass is 554 g/mol. The maximum Gasteiger partial charge on any atom is 0.0405 e. The van der Waals surface area contributed by atoms with E-state index >= 15 is 0 Å². The third-order valence-corrected chi connectivity index (χ3v) is 8.79. The van der Waals surface area contributed by atoms with Gasteiger partial charge in [-0.15, -0.1) is 12.8 Å². The van der Waals surface area contributed by atoms with Crippen LogP contribution in [-0.4, -0.2) is 0 Å². The topological polar surface area (TPSA) is 0 Å². The summed E-state index contributed by atoms with van der Waals surface area (Å²) in [7, 11) is 0. The molecule has 0 heterocycles. The highest BCUT2D eigenvalue weighted by atomic mass is 14.2. The van der Waals surface area contributed by atoms with Crippen molar-refractivity contribution in [3.8, 4) is 58.1 Å².